The first-order valence-corrected chi connectivity index (χ1v) is 6.95. The van der Waals surface area contributed by atoms with Crippen molar-refractivity contribution >= 4 is 40.7 Å². The summed E-state index contributed by atoms with van der Waals surface area (Å²) in [4.78, 5) is 0. The fourth-order valence-electron chi connectivity index (χ4n) is 2.09. The summed E-state index contributed by atoms with van der Waals surface area (Å²) in [5.41, 5.74) is 0. The van der Waals surface area contributed by atoms with E-state index >= 15 is 0 Å². The Morgan fingerprint density at radius 2 is 1.50 bits per heavy atom. The van der Waals surface area contributed by atoms with Gasteiger partial charge in [0.15, 0.2) is 0 Å². The molecule has 1 fully saturated rings. The molecule has 0 aromatic rings. The molecule has 1 saturated heterocycles. The van der Waals surface area contributed by atoms with E-state index in [9.17, 15) is 0 Å². The highest BCUT2D eigenvalue weighted by Crippen LogP contribution is 2.32. The number of hydrogen-bond acceptors (Lipinski definition) is 6. The minimum Gasteiger partial charge on any atom is -0.445 e. The van der Waals surface area contributed by atoms with Gasteiger partial charge in [-0.2, -0.15) is 0 Å². The molecule has 9 heteroatoms. The summed E-state index contributed by atoms with van der Waals surface area (Å²) in [5.74, 6) is -0.549. The summed E-state index contributed by atoms with van der Waals surface area (Å²) < 4.78 is 25.0. The van der Waals surface area contributed by atoms with Crippen LogP contribution in [0.2, 0.25) is 0 Å². The number of hydrogen-bond donors (Lipinski definition) is 1. The monoisotopic (exact) mass is 349 g/mol. The van der Waals surface area contributed by atoms with E-state index in [0.29, 0.717) is 0 Å². The first kappa shape index (κ1) is 18.2. The third-order valence-corrected chi connectivity index (χ3v) is 3.55. The van der Waals surface area contributed by atoms with Crippen molar-refractivity contribution in [2.45, 2.75) is 41.4 Å². The number of ether oxygens (including phenoxy) is 5. The SMILES string of the molecule is CO[C@@H]1[C@@H](OC)[C@H](C)O[C@@H](OC(=N)C(Cl)(Cl)Cl)[C@@H]1OC. The summed E-state index contributed by atoms with van der Waals surface area (Å²) in [6.07, 6.45) is -2.69. The lowest BCUT2D eigenvalue weighted by atomic mass is 9.99. The Balaban J connectivity index is 2.88. The Morgan fingerprint density at radius 1 is 1.00 bits per heavy atom. The van der Waals surface area contributed by atoms with Crippen molar-refractivity contribution in [1.29, 1.82) is 5.41 Å². The van der Waals surface area contributed by atoms with Crippen LogP contribution in [0.4, 0.5) is 0 Å². The molecule has 1 heterocycles. The van der Waals surface area contributed by atoms with Gasteiger partial charge in [0.05, 0.1) is 6.10 Å². The Labute approximate surface area is 133 Å². The van der Waals surface area contributed by atoms with E-state index in [1.807, 2.05) is 0 Å². The topological polar surface area (TPSA) is 70.0 Å². The number of rotatable bonds is 4. The molecule has 0 amide bonds. The first-order chi connectivity index (χ1) is 9.26. The van der Waals surface area contributed by atoms with Crippen molar-refractivity contribution in [2.24, 2.45) is 0 Å². The van der Waals surface area contributed by atoms with Crippen LogP contribution in [-0.4, -0.2) is 61.7 Å². The second-order valence-electron chi connectivity index (χ2n) is 4.26. The first-order valence-electron chi connectivity index (χ1n) is 5.82. The molecule has 0 unspecified atom stereocenters. The molecule has 0 spiro atoms. The van der Waals surface area contributed by atoms with Crippen LogP contribution in [0.5, 0.6) is 0 Å². The summed E-state index contributed by atoms with van der Waals surface area (Å²) in [6, 6.07) is 0. The zero-order valence-electron chi connectivity index (χ0n) is 11.6. The van der Waals surface area contributed by atoms with E-state index in [1.54, 1.807) is 14.0 Å². The molecule has 0 bridgehead atoms. The summed E-state index contributed by atoms with van der Waals surface area (Å²) in [5, 5.41) is 7.60. The van der Waals surface area contributed by atoms with Gasteiger partial charge in [0.2, 0.25) is 12.2 Å². The van der Waals surface area contributed by atoms with Crippen molar-refractivity contribution in [2.75, 3.05) is 21.3 Å². The predicted molar refractivity (Wildman–Crippen MR) is 75.8 cm³/mol. The highest BCUT2D eigenvalue weighted by molar-refractivity contribution is 6.76. The fourth-order valence-corrected chi connectivity index (χ4v) is 2.23. The molecular formula is C11H18Cl3NO5. The average Bonchev–Trinajstić information content (AvgIpc) is 2.36. The molecule has 5 atom stereocenters. The van der Waals surface area contributed by atoms with Gasteiger partial charge in [-0.3, -0.25) is 5.41 Å². The highest BCUT2D eigenvalue weighted by atomic mass is 35.6. The minimum atomic E-state index is -1.97. The van der Waals surface area contributed by atoms with Gasteiger partial charge in [0.1, 0.15) is 18.3 Å². The molecule has 20 heavy (non-hydrogen) atoms. The molecule has 0 aromatic carbocycles. The molecule has 1 aliphatic rings. The molecule has 1 rings (SSSR count). The van der Waals surface area contributed by atoms with Crippen molar-refractivity contribution < 1.29 is 23.7 Å². The third-order valence-electron chi connectivity index (χ3n) is 3.04. The lowest BCUT2D eigenvalue weighted by molar-refractivity contribution is -0.286. The van der Waals surface area contributed by atoms with Crippen LogP contribution >= 0.6 is 34.8 Å². The van der Waals surface area contributed by atoms with E-state index < -0.39 is 28.2 Å². The van der Waals surface area contributed by atoms with Crippen LogP contribution in [0, 0.1) is 5.41 Å². The van der Waals surface area contributed by atoms with E-state index in [-0.39, 0.29) is 12.2 Å². The van der Waals surface area contributed by atoms with E-state index in [4.69, 9.17) is 63.9 Å². The van der Waals surface area contributed by atoms with Gasteiger partial charge in [-0.1, -0.05) is 34.8 Å². The number of methoxy groups -OCH3 is 3. The number of nitrogens with one attached hydrogen (secondary N) is 1. The van der Waals surface area contributed by atoms with Gasteiger partial charge < -0.3 is 23.7 Å². The minimum absolute atomic E-state index is 0.341. The van der Waals surface area contributed by atoms with Crippen molar-refractivity contribution in [3.05, 3.63) is 0 Å². The second kappa shape index (κ2) is 7.45. The lowest BCUT2D eigenvalue weighted by Crippen LogP contribution is -2.60. The Kier molecular flexibility index (Phi) is 6.79. The van der Waals surface area contributed by atoms with Crippen LogP contribution in [0.25, 0.3) is 0 Å². The normalized spacial score (nSPS) is 34.9. The van der Waals surface area contributed by atoms with Crippen molar-refractivity contribution in [3.63, 3.8) is 0 Å². The molecule has 1 N–H and O–H groups in total. The maximum Gasteiger partial charge on any atom is 0.265 e. The third kappa shape index (κ3) is 4.10. The van der Waals surface area contributed by atoms with Gasteiger partial charge in [-0.15, -0.1) is 0 Å². The van der Waals surface area contributed by atoms with Crippen LogP contribution in [0.15, 0.2) is 0 Å². The maximum atomic E-state index is 7.60. The summed E-state index contributed by atoms with van der Waals surface area (Å²) >= 11 is 16.8. The smallest absolute Gasteiger partial charge is 0.265 e. The number of halogens is 3. The zero-order valence-corrected chi connectivity index (χ0v) is 13.8. The molecule has 0 aromatic heterocycles. The van der Waals surface area contributed by atoms with Crippen LogP contribution in [-0.2, 0) is 23.7 Å². The largest absolute Gasteiger partial charge is 0.445 e. The lowest BCUT2D eigenvalue weighted by Gasteiger charge is -2.43. The Hall–Kier alpha value is 0.180. The Morgan fingerprint density at radius 3 is 1.90 bits per heavy atom. The standard InChI is InChI=1S/C11H18Cl3NO5/c1-5-6(16-2)7(17-3)8(18-4)9(19-5)20-10(15)11(12,13)14/h5-9,15H,1-4H3/t5-,6-,7+,8+,9-/m0/s1. The van der Waals surface area contributed by atoms with E-state index in [2.05, 4.69) is 0 Å². The Bertz CT molecular complexity index is 339. The molecule has 0 radical (unpaired) electrons. The zero-order chi connectivity index (χ0) is 15.5. The maximum absolute atomic E-state index is 7.60. The van der Waals surface area contributed by atoms with Gasteiger partial charge in [0, 0.05) is 21.3 Å². The fraction of sp³-hybridized carbons (Fsp3) is 0.909. The molecule has 0 saturated carbocycles. The predicted octanol–water partition coefficient (Wildman–Crippen LogP) is 2.14. The number of alkyl halides is 3. The summed E-state index contributed by atoms with van der Waals surface area (Å²) in [7, 11) is 4.55. The van der Waals surface area contributed by atoms with Gasteiger partial charge in [-0.25, -0.2) is 0 Å². The molecule has 1 aliphatic heterocycles. The second-order valence-corrected chi connectivity index (χ2v) is 6.54. The van der Waals surface area contributed by atoms with Gasteiger partial charge in [0.25, 0.3) is 3.79 Å². The molecule has 0 aliphatic carbocycles. The van der Waals surface area contributed by atoms with E-state index in [0.717, 1.165) is 0 Å². The average molecular weight is 351 g/mol. The quantitative estimate of drug-likeness (QED) is 0.478. The van der Waals surface area contributed by atoms with Crippen molar-refractivity contribution in [1.82, 2.24) is 0 Å². The molecule has 118 valence electrons. The van der Waals surface area contributed by atoms with E-state index in [1.165, 1.54) is 14.2 Å². The molecule has 6 nitrogen and oxygen atoms in total. The highest BCUT2D eigenvalue weighted by Gasteiger charge is 2.48. The van der Waals surface area contributed by atoms with Crippen LogP contribution in [0.1, 0.15) is 6.92 Å². The summed E-state index contributed by atoms with van der Waals surface area (Å²) in [6.45, 7) is 1.79. The van der Waals surface area contributed by atoms with Gasteiger partial charge in [-0.05, 0) is 6.92 Å². The molecular weight excluding hydrogens is 332 g/mol. The van der Waals surface area contributed by atoms with Crippen LogP contribution in [0.3, 0.4) is 0 Å². The van der Waals surface area contributed by atoms with Gasteiger partial charge >= 0.3 is 0 Å². The van der Waals surface area contributed by atoms with Crippen molar-refractivity contribution in [3.8, 4) is 0 Å². The van der Waals surface area contributed by atoms with Crippen LogP contribution < -0.4 is 0 Å².